The third-order valence-corrected chi connectivity index (χ3v) is 4.55. The molecule has 1 aromatic carbocycles. The lowest BCUT2D eigenvalue weighted by Gasteiger charge is -2.22. The van der Waals surface area contributed by atoms with Gasteiger partial charge in [-0.05, 0) is 43.1 Å². The van der Waals surface area contributed by atoms with Gasteiger partial charge >= 0.3 is 0 Å². The fourth-order valence-corrected chi connectivity index (χ4v) is 3.02. The second kappa shape index (κ2) is 8.14. The van der Waals surface area contributed by atoms with Crippen LogP contribution in [0.1, 0.15) is 45.3 Å². The molecule has 0 bridgehead atoms. The zero-order valence-electron chi connectivity index (χ0n) is 15.2. The molecule has 1 aromatic heterocycles. The number of rotatable bonds is 5. The maximum absolute atomic E-state index is 12.3. The first kappa shape index (κ1) is 18.1. The van der Waals surface area contributed by atoms with E-state index in [1.165, 1.54) is 4.90 Å². The highest BCUT2D eigenvalue weighted by atomic mass is 16.2. The Labute approximate surface area is 153 Å². The van der Waals surface area contributed by atoms with Crippen molar-refractivity contribution in [1.29, 1.82) is 0 Å². The zero-order valence-corrected chi connectivity index (χ0v) is 15.2. The average molecular weight is 355 g/mol. The van der Waals surface area contributed by atoms with Crippen LogP contribution in [-0.2, 0) is 6.54 Å². The predicted octanol–water partition coefficient (Wildman–Crippen LogP) is 1.44. The molecule has 0 saturated carbocycles. The molecule has 1 atom stereocenters. The molecule has 2 heterocycles. The van der Waals surface area contributed by atoms with Crippen molar-refractivity contribution in [2.45, 2.75) is 25.4 Å². The molecule has 1 aliphatic rings. The van der Waals surface area contributed by atoms with Crippen molar-refractivity contribution < 1.29 is 9.59 Å². The monoisotopic (exact) mass is 355 g/mol. The van der Waals surface area contributed by atoms with Crippen molar-refractivity contribution in [2.24, 2.45) is 0 Å². The number of hydrogen-bond acceptors (Lipinski definition) is 4. The molecule has 1 fully saturated rings. The van der Waals surface area contributed by atoms with Gasteiger partial charge in [-0.2, -0.15) is 5.10 Å². The number of nitrogens with zero attached hydrogens (tertiary/aromatic N) is 3. The highest BCUT2D eigenvalue weighted by molar-refractivity contribution is 5.94. The molecular formula is C19H25N5O2. The molecule has 2 aromatic rings. The van der Waals surface area contributed by atoms with Crippen LogP contribution >= 0.6 is 0 Å². The predicted molar refractivity (Wildman–Crippen MR) is 99.0 cm³/mol. The Hall–Kier alpha value is -2.67. The van der Waals surface area contributed by atoms with Crippen LogP contribution in [-0.4, -0.2) is 53.7 Å². The van der Waals surface area contributed by atoms with Gasteiger partial charge in [-0.3, -0.25) is 14.3 Å². The van der Waals surface area contributed by atoms with Gasteiger partial charge in [0.2, 0.25) is 0 Å². The van der Waals surface area contributed by atoms with E-state index >= 15 is 0 Å². The number of piperidine rings is 1. The van der Waals surface area contributed by atoms with Crippen LogP contribution in [0.4, 0.5) is 0 Å². The Morgan fingerprint density at radius 2 is 2.04 bits per heavy atom. The molecule has 3 rings (SSSR count). The fourth-order valence-electron chi connectivity index (χ4n) is 3.02. The van der Waals surface area contributed by atoms with E-state index in [1.807, 2.05) is 23.0 Å². The fraction of sp³-hybridized carbons (Fsp3) is 0.421. The Morgan fingerprint density at radius 1 is 1.27 bits per heavy atom. The highest BCUT2D eigenvalue weighted by Crippen LogP contribution is 2.15. The molecule has 1 aliphatic heterocycles. The molecule has 7 nitrogen and oxygen atoms in total. The smallest absolute Gasteiger partial charge is 0.272 e. The zero-order chi connectivity index (χ0) is 18.5. The number of carbonyl (C=O) groups is 2. The number of aromatic nitrogens is 2. The van der Waals surface area contributed by atoms with Crippen LogP contribution in [0.2, 0.25) is 0 Å². The van der Waals surface area contributed by atoms with E-state index < -0.39 is 0 Å². The number of amides is 2. The molecule has 138 valence electrons. The summed E-state index contributed by atoms with van der Waals surface area (Å²) in [6, 6.07) is 9.31. The van der Waals surface area contributed by atoms with Gasteiger partial charge in [0, 0.05) is 38.9 Å². The molecular weight excluding hydrogens is 330 g/mol. The van der Waals surface area contributed by atoms with Crippen molar-refractivity contribution >= 4 is 11.8 Å². The lowest BCUT2D eigenvalue weighted by molar-refractivity contribution is 0.0827. The molecule has 1 unspecified atom stereocenters. The number of carbonyl (C=O) groups excluding carboxylic acids is 2. The van der Waals surface area contributed by atoms with E-state index in [2.05, 4.69) is 15.7 Å². The first-order chi connectivity index (χ1) is 12.5. The van der Waals surface area contributed by atoms with Crippen molar-refractivity contribution in [2.75, 3.05) is 27.2 Å². The van der Waals surface area contributed by atoms with Crippen LogP contribution < -0.4 is 10.6 Å². The van der Waals surface area contributed by atoms with Gasteiger partial charge < -0.3 is 15.5 Å². The number of hydrogen-bond donors (Lipinski definition) is 2. The van der Waals surface area contributed by atoms with E-state index in [-0.39, 0.29) is 11.8 Å². The summed E-state index contributed by atoms with van der Waals surface area (Å²) in [5, 5.41) is 10.6. The van der Waals surface area contributed by atoms with Gasteiger partial charge in [-0.1, -0.05) is 12.1 Å². The second-order valence-electron chi connectivity index (χ2n) is 6.76. The maximum Gasteiger partial charge on any atom is 0.272 e. The summed E-state index contributed by atoms with van der Waals surface area (Å²) in [5.41, 5.74) is 1.99. The SMILES string of the molecule is CN(C)C(=O)c1ccc(CNC(=O)c2ccn(C3CCCNC3)n2)cc1. The summed E-state index contributed by atoms with van der Waals surface area (Å²) in [5.74, 6) is -0.232. The Kier molecular flexibility index (Phi) is 5.68. The topological polar surface area (TPSA) is 79.3 Å². The minimum Gasteiger partial charge on any atom is -0.347 e. The van der Waals surface area contributed by atoms with E-state index in [4.69, 9.17) is 0 Å². The lowest BCUT2D eigenvalue weighted by atomic mass is 10.1. The Balaban J connectivity index is 1.55. The molecule has 7 heteroatoms. The van der Waals surface area contributed by atoms with E-state index in [0.717, 1.165) is 31.5 Å². The first-order valence-electron chi connectivity index (χ1n) is 8.89. The summed E-state index contributed by atoms with van der Waals surface area (Å²) >= 11 is 0. The standard InChI is InChI=1S/C19H25N5O2/c1-23(2)19(26)15-7-5-14(6-8-15)12-21-18(25)17-9-11-24(22-17)16-4-3-10-20-13-16/h5-9,11,16,20H,3-4,10,12-13H2,1-2H3,(H,21,25). The van der Waals surface area contributed by atoms with Crippen LogP contribution in [0.25, 0.3) is 0 Å². The minimum absolute atomic E-state index is 0.0386. The van der Waals surface area contributed by atoms with Gasteiger partial charge in [0.25, 0.3) is 11.8 Å². The molecule has 0 aliphatic carbocycles. The Morgan fingerprint density at radius 3 is 2.69 bits per heavy atom. The lowest BCUT2D eigenvalue weighted by Crippen LogP contribution is -2.32. The highest BCUT2D eigenvalue weighted by Gasteiger charge is 2.17. The van der Waals surface area contributed by atoms with Crippen LogP contribution in [0.15, 0.2) is 36.5 Å². The van der Waals surface area contributed by atoms with E-state index in [9.17, 15) is 9.59 Å². The molecule has 1 saturated heterocycles. The maximum atomic E-state index is 12.3. The van der Waals surface area contributed by atoms with Crippen molar-refractivity contribution in [1.82, 2.24) is 25.3 Å². The second-order valence-corrected chi connectivity index (χ2v) is 6.76. The summed E-state index contributed by atoms with van der Waals surface area (Å²) in [7, 11) is 3.44. The van der Waals surface area contributed by atoms with Crippen LogP contribution in [0.3, 0.4) is 0 Å². The Bertz CT molecular complexity index is 760. The molecule has 2 amide bonds. The van der Waals surface area contributed by atoms with Crippen molar-refractivity contribution in [3.8, 4) is 0 Å². The van der Waals surface area contributed by atoms with E-state index in [1.54, 1.807) is 32.3 Å². The van der Waals surface area contributed by atoms with Crippen molar-refractivity contribution in [3.05, 3.63) is 53.3 Å². The molecule has 0 radical (unpaired) electrons. The summed E-state index contributed by atoms with van der Waals surface area (Å²) in [6.45, 7) is 2.33. The van der Waals surface area contributed by atoms with Crippen LogP contribution in [0, 0.1) is 0 Å². The molecule has 0 spiro atoms. The average Bonchev–Trinajstić information content (AvgIpc) is 3.17. The third-order valence-electron chi connectivity index (χ3n) is 4.55. The van der Waals surface area contributed by atoms with Gasteiger partial charge in [0.05, 0.1) is 6.04 Å². The number of benzene rings is 1. The quantitative estimate of drug-likeness (QED) is 0.851. The largest absolute Gasteiger partial charge is 0.347 e. The van der Waals surface area contributed by atoms with Crippen LogP contribution in [0.5, 0.6) is 0 Å². The normalized spacial score (nSPS) is 16.9. The van der Waals surface area contributed by atoms with Gasteiger partial charge in [0.15, 0.2) is 0 Å². The van der Waals surface area contributed by atoms with Gasteiger partial charge in [-0.15, -0.1) is 0 Å². The summed E-state index contributed by atoms with van der Waals surface area (Å²) in [6.07, 6.45) is 4.07. The van der Waals surface area contributed by atoms with E-state index in [0.29, 0.717) is 23.8 Å². The molecule has 2 N–H and O–H groups in total. The minimum atomic E-state index is -0.194. The van der Waals surface area contributed by atoms with Gasteiger partial charge in [0.1, 0.15) is 5.69 Å². The van der Waals surface area contributed by atoms with Crippen molar-refractivity contribution in [3.63, 3.8) is 0 Å². The number of nitrogens with one attached hydrogen (secondary N) is 2. The first-order valence-corrected chi connectivity index (χ1v) is 8.89. The molecule has 26 heavy (non-hydrogen) atoms. The third kappa shape index (κ3) is 4.29. The summed E-state index contributed by atoms with van der Waals surface area (Å²) in [4.78, 5) is 25.7. The summed E-state index contributed by atoms with van der Waals surface area (Å²) < 4.78 is 1.88. The van der Waals surface area contributed by atoms with Gasteiger partial charge in [-0.25, -0.2) is 0 Å².